The second-order valence-corrected chi connectivity index (χ2v) is 4.57. The summed E-state index contributed by atoms with van der Waals surface area (Å²) in [5.74, 6) is 6.49. The highest BCUT2D eigenvalue weighted by atomic mass is 16.5. The van der Waals surface area contributed by atoms with Crippen molar-refractivity contribution < 1.29 is 4.74 Å². The Morgan fingerprint density at radius 1 is 1.43 bits per heavy atom. The van der Waals surface area contributed by atoms with E-state index in [-0.39, 0.29) is 5.69 Å². The second kappa shape index (κ2) is 6.73. The van der Waals surface area contributed by atoms with E-state index in [4.69, 9.17) is 10.5 Å². The van der Waals surface area contributed by atoms with Gasteiger partial charge in [0.25, 0.3) is 0 Å². The minimum absolute atomic E-state index is 0.291. The van der Waals surface area contributed by atoms with Crippen LogP contribution < -0.4 is 16.2 Å². The number of aromatic nitrogens is 2. The van der Waals surface area contributed by atoms with E-state index in [0.29, 0.717) is 18.8 Å². The quantitative estimate of drug-likeness (QED) is 0.850. The molecule has 1 aromatic heterocycles. The third kappa shape index (κ3) is 3.71. The van der Waals surface area contributed by atoms with Crippen molar-refractivity contribution in [3.8, 4) is 17.6 Å². The summed E-state index contributed by atoms with van der Waals surface area (Å²) in [6.45, 7) is 2.58. The van der Waals surface area contributed by atoms with Crippen molar-refractivity contribution in [2.24, 2.45) is 5.73 Å². The van der Waals surface area contributed by atoms with Crippen molar-refractivity contribution in [1.82, 2.24) is 9.55 Å². The van der Waals surface area contributed by atoms with Crippen LogP contribution in [0, 0.1) is 18.8 Å². The fraction of sp³-hybridized carbons (Fsp3) is 0.250. The van der Waals surface area contributed by atoms with Crippen LogP contribution in [0.1, 0.15) is 16.7 Å². The zero-order valence-electron chi connectivity index (χ0n) is 12.1. The average molecular weight is 283 g/mol. The Morgan fingerprint density at radius 3 is 2.95 bits per heavy atom. The number of methoxy groups -OCH3 is 1. The maximum absolute atomic E-state index is 11.8. The summed E-state index contributed by atoms with van der Waals surface area (Å²) in [5, 5.41) is 0. The molecular weight excluding hydrogens is 266 g/mol. The molecule has 0 unspecified atom stereocenters. The maximum atomic E-state index is 11.8. The van der Waals surface area contributed by atoms with Gasteiger partial charge in [-0.15, -0.1) is 0 Å². The molecule has 5 heteroatoms. The van der Waals surface area contributed by atoms with Gasteiger partial charge in [0.05, 0.1) is 20.2 Å². The first kappa shape index (κ1) is 14.8. The second-order valence-electron chi connectivity index (χ2n) is 4.57. The molecule has 0 atom stereocenters. The van der Waals surface area contributed by atoms with Crippen LogP contribution in [0.4, 0.5) is 0 Å². The summed E-state index contributed by atoms with van der Waals surface area (Å²) < 4.78 is 6.89. The van der Waals surface area contributed by atoms with Crippen LogP contribution in [0.5, 0.6) is 5.75 Å². The molecule has 0 fully saturated rings. The molecule has 21 heavy (non-hydrogen) atoms. The number of hydrogen-bond acceptors (Lipinski definition) is 4. The Bertz CT molecular complexity index is 754. The lowest BCUT2D eigenvalue weighted by Gasteiger charge is -2.11. The van der Waals surface area contributed by atoms with E-state index in [0.717, 1.165) is 16.7 Å². The van der Waals surface area contributed by atoms with Crippen molar-refractivity contribution in [3.05, 3.63) is 57.8 Å². The average Bonchev–Trinajstić information content (AvgIpc) is 2.49. The Balaban J connectivity index is 2.41. The molecule has 108 valence electrons. The number of rotatable bonds is 3. The maximum Gasteiger partial charge on any atom is 0.347 e. The van der Waals surface area contributed by atoms with E-state index in [2.05, 4.69) is 16.8 Å². The van der Waals surface area contributed by atoms with Gasteiger partial charge in [0.15, 0.2) is 0 Å². The first-order valence-corrected chi connectivity index (χ1v) is 6.53. The highest BCUT2D eigenvalue weighted by molar-refractivity contribution is 5.44. The molecule has 1 aromatic carbocycles. The van der Waals surface area contributed by atoms with Gasteiger partial charge >= 0.3 is 5.69 Å². The molecule has 0 radical (unpaired) electrons. The van der Waals surface area contributed by atoms with Gasteiger partial charge in [-0.1, -0.05) is 11.8 Å². The number of nitrogens with zero attached hydrogens (tertiary/aromatic N) is 2. The monoisotopic (exact) mass is 283 g/mol. The lowest BCUT2D eigenvalue weighted by Crippen LogP contribution is -2.23. The Labute approximate surface area is 123 Å². The van der Waals surface area contributed by atoms with Crippen LogP contribution >= 0.6 is 0 Å². The SMILES string of the molecule is COc1ccc(C#CCN)cc1Cn1cc(C)cnc1=O. The molecule has 0 amide bonds. The molecule has 0 saturated carbocycles. The fourth-order valence-corrected chi connectivity index (χ4v) is 2.00. The number of benzene rings is 1. The molecule has 0 aliphatic heterocycles. The van der Waals surface area contributed by atoms with Crippen molar-refractivity contribution in [2.45, 2.75) is 13.5 Å². The lowest BCUT2D eigenvalue weighted by molar-refractivity contribution is 0.408. The number of hydrogen-bond donors (Lipinski definition) is 1. The van der Waals surface area contributed by atoms with Gasteiger partial charge in [0.2, 0.25) is 0 Å². The smallest absolute Gasteiger partial charge is 0.347 e. The minimum Gasteiger partial charge on any atom is -0.496 e. The van der Waals surface area contributed by atoms with Crippen molar-refractivity contribution in [1.29, 1.82) is 0 Å². The van der Waals surface area contributed by atoms with E-state index in [1.807, 2.05) is 25.1 Å². The molecule has 0 saturated heterocycles. The molecule has 0 aliphatic carbocycles. The molecule has 5 nitrogen and oxygen atoms in total. The first-order chi connectivity index (χ1) is 10.1. The van der Waals surface area contributed by atoms with Crippen LogP contribution in [-0.2, 0) is 6.54 Å². The normalized spacial score (nSPS) is 9.86. The first-order valence-electron chi connectivity index (χ1n) is 6.53. The minimum atomic E-state index is -0.291. The van der Waals surface area contributed by atoms with Gasteiger partial charge < -0.3 is 10.5 Å². The van der Waals surface area contributed by atoms with E-state index >= 15 is 0 Å². The van der Waals surface area contributed by atoms with Crippen molar-refractivity contribution in [2.75, 3.05) is 13.7 Å². The van der Waals surface area contributed by atoms with Crippen LogP contribution in [0.25, 0.3) is 0 Å². The Hall–Kier alpha value is -2.58. The zero-order valence-corrected chi connectivity index (χ0v) is 12.1. The molecule has 2 N–H and O–H groups in total. The molecule has 2 aromatic rings. The van der Waals surface area contributed by atoms with Gasteiger partial charge in [-0.3, -0.25) is 4.57 Å². The molecule has 0 aliphatic rings. The number of aryl methyl sites for hydroxylation is 1. The number of nitrogens with two attached hydrogens (primary N) is 1. The Morgan fingerprint density at radius 2 is 2.24 bits per heavy atom. The van der Waals surface area contributed by atoms with Gasteiger partial charge in [-0.05, 0) is 30.7 Å². The fourth-order valence-electron chi connectivity index (χ4n) is 2.00. The standard InChI is InChI=1S/C16H17N3O2/c1-12-9-18-16(20)19(10-12)11-14-8-13(4-3-7-17)5-6-15(14)21-2/h5-6,8-10H,7,11,17H2,1-2H3. The molecule has 0 spiro atoms. The highest BCUT2D eigenvalue weighted by Gasteiger charge is 2.06. The van der Waals surface area contributed by atoms with Gasteiger partial charge in [0, 0.05) is 23.5 Å². The summed E-state index contributed by atoms with van der Waals surface area (Å²) in [7, 11) is 1.60. The van der Waals surface area contributed by atoms with E-state index in [1.165, 1.54) is 0 Å². The van der Waals surface area contributed by atoms with Gasteiger partial charge in [-0.2, -0.15) is 0 Å². The topological polar surface area (TPSA) is 70.1 Å². The summed E-state index contributed by atoms with van der Waals surface area (Å²) >= 11 is 0. The predicted molar refractivity (Wildman–Crippen MR) is 81.3 cm³/mol. The van der Waals surface area contributed by atoms with Crippen molar-refractivity contribution >= 4 is 0 Å². The van der Waals surface area contributed by atoms with Crippen LogP contribution in [-0.4, -0.2) is 23.2 Å². The molecule has 1 heterocycles. The zero-order chi connectivity index (χ0) is 15.2. The summed E-state index contributed by atoms with van der Waals surface area (Å²) in [6.07, 6.45) is 3.33. The molecule has 2 rings (SSSR count). The van der Waals surface area contributed by atoms with Crippen molar-refractivity contribution in [3.63, 3.8) is 0 Å². The number of ether oxygens (including phenoxy) is 1. The lowest BCUT2D eigenvalue weighted by atomic mass is 10.1. The Kier molecular flexibility index (Phi) is 4.75. The van der Waals surface area contributed by atoms with Crippen LogP contribution in [0.3, 0.4) is 0 Å². The van der Waals surface area contributed by atoms with Gasteiger partial charge in [-0.25, -0.2) is 9.78 Å². The summed E-state index contributed by atoms with van der Waals surface area (Å²) in [5.41, 5.74) is 7.72. The van der Waals surface area contributed by atoms with Gasteiger partial charge in [0.1, 0.15) is 5.75 Å². The molecular formula is C16H17N3O2. The largest absolute Gasteiger partial charge is 0.496 e. The van der Waals surface area contributed by atoms with E-state index in [9.17, 15) is 4.79 Å². The molecule has 0 bridgehead atoms. The van der Waals surface area contributed by atoms with E-state index < -0.39 is 0 Å². The predicted octanol–water partition coefficient (Wildman–Crippen LogP) is 0.919. The van der Waals surface area contributed by atoms with Crippen LogP contribution in [0.15, 0.2) is 35.4 Å². The van der Waals surface area contributed by atoms with Crippen LogP contribution in [0.2, 0.25) is 0 Å². The van der Waals surface area contributed by atoms with E-state index in [1.54, 1.807) is 24.1 Å². The highest BCUT2D eigenvalue weighted by Crippen LogP contribution is 2.20. The third-order valence-electron chi connectivity index (χ3n) is 2.94. The third-order valence-corrected chi connectivity index (χ3v) is 2.94. The summed E-state index contributed by atoms with van der Waals surface area (Å²) in [4.78, 5) is 15.6. The summed E-state index contributed by atoms with van der Waals surface area (Å²) in [6, 6.07) is 5.60.